The van der Waals surface area contributed by atoms with Crippen molar-refractivity contribution in [1.82, 2.24) is 5.32 Å². The van der Waals surface area contributed by atoms with Crippen LogP contribution < -0.4 is 10.2 Å². The third-order valence-electron chi connectivity index (χ3n) is 3.05. The van der Waals surface area contributed by atoms with Crippen LogP contribution in [0.3, 0.4) is 0 Å². The zero-order valence-electron chi connectivity index (χ0n) is 11.3. The van der Waals surface area contributed by atoms with E-state index in [4.69, 9.17) is 10.00 Å². The Morgan fingerprint density at radius 2 is 2.30 bits per heavy atom. The molecule has 2 rings (SSSR count). The van der Waals surface area contributed by atoms with Crippen LogP contribution in [-0.4, -0.2) is 31.2 Å². The van der Waals surface area contributed by atoms with E-state index in [0.29, 0.717) is 18.7 Å². The number of nitrogens with one attached hydrogen (secondary N) is 1. The highest BCUT2D eigenvalue weighted by Gasteiger charge is 2.23. The maximum Gasteiger partial charge on any atom is 0.339 e. The number of urea groups is 1. The number of ether oxygens (including phenoxy) is 1. The molecule has 0 aromatic heterocycles. The molecule has 1 aliphatic heterocycles. The van der Waals surface area contributed by atoms with E-state index >= 15 is 0 Å². The van der Waals surface area contributed by atoms with Gasteiger partial charge in [0, 0.05) is 18.8 Å². The largest absolute Gasteiger partial charge is 0.444 e. The van der Waals surface area contributed by atoms with E-state index in [9.17, 15) is 9.59 Å². The third-order valence-corrected chi connectivity index (χ3v) is 3.05. The van der Waals surface area contributed by atoms with Crippen molar-refractivity contribution in [3.8, 4) is 6.07 Å². The smallest absolute Gasteiger partial charge is 0.339 e. The molecule has 104 valence electrons. The molecule has 6 nitrogen and oxygen atoms in total. The Morgan fingerprint density at radius 1 is 1.55 bits per heavy atom. The molecule has 1 aromatic carbocycles. The van der Waals surface area contributed by atoms with Crippen molar-refractivity contribution in [1.29, 1.82) is 5.26 Å². The molecule has 1 fully saturated rings. The summed E-state index contributed by atoms with van der Waals surface area (Å²) in [6.07, 6.45) is -0.785. The number of hydrogen-bond donors (Lipinski definition) is 1. The molecule has 20 heavy (non-hydrogen) atoms. The van der Waals surface area contributed by atoms with Crippen LogP contribution in [0, 0.1) is 18.3 Å². The molecule has 2 amide bonds. The van der Waals surface area contributed by atoms with Crippen molar-refractivity contribution < 1.29 is 14.3 Å². The minimum absolute atomic E-state index is 0.137. The Bertz CT molecular complexity index is 592. The van der Waals surface area contributed by atoms with Gasteiger partial charge in [-0.15, -0.1) is 0 Å². The molecular formula is C14H15N3O3. The lowest BCUT2D eigenvalue weighted by Crippen LogP contribution is -2.28. The summed E-state index contributed by atoms with van der Waals surface area (Å²) in [4.78, 5) is 25.0. The molecular weight excluding hydrogens is 258 g/mol. The van der Waals surface area contributed by atoms with Crippen LogP contribution in [0.15, 0.2) is 18.2 Å². The van der Waals surface area contributed by atoms with Crippen LogP contribution in [0.2, 0.25) is 0 Å². The molecule has 0 radical (unpaired) electrons. The van der Waals surface area contributed by atoms with Gasteiger partial charge in [0.2, 0.25) is 0 Å². The number of carbonyl (C=O) groups excluding carboxylic acids is 2. The monoisotopic (exact) mass is 273 g/mol. The average Bonchev–Trinajstić information content (AvgIpc) is 2.84. The predicted molar refractivity (Wildman–Crippen MR) is 72.4 cm³/mol. The summed E-state index contributed by atoms with van der Waals surface area (Å²) >= 11 is 0. The Kier molecular flexibility index (Phi) is 3.89. The average molecular weight is 273 g/mol. The summed E-state index contributed by atoms with van der Waals surface area (Å²) in [5.41, 5.74) is 1.94. The number of hydrogen-bond acceptors (Lipinski definition) is 4. The van der Waals surface area contributed by atoms with Gasteiger partial charge in [-0.3, -0.25) is 4.90 Å². The molecule has 1 aromatic rings. The van der Waals surface area contributed by atoms with Crippen LogP contribution in [0.5, 0.6) is 0 Å². The van der Waals surface area contributed by atoms with Gasteiger partial charge in [0.05, 0.1) is 5.56 Å². The van der Waals surface area contributed by atoms with Gasteiger partial charge in [-0.1, -0.05) is 0 Å². The minimum atomic E-state index is -0.785. The standard InChI is InChI=1S/C14H15N3O3/c1-9-7-11(13(18)20-10(2)8-15)3-4-12(9)17-6-5-16-14(17)19/h3-4,7,10H,5-6H2,1-2H3,(H,16,19)/t10-/m1/s1. The molecule has 0 aliphatic carbocycles. The molecule has 6 heteroatoms. The van der Waals surface area contributed by atoms with Gasteiger partial charge in [0.1, 0.15) is 6.07 Å². The number of amides is 2. The molecule has 0 unspecified atom stereocenters. The number of esters is 1. The van der Waals surface area contributed by atoms with Crippen molar-refractivity contribution in [3.63, 3.8) is 0 Å². The number of carbonyl (C=O) groups is 2. The number of rotatable bonds is 3. The summed E-state index contributed by atoms with van der Waals surface area (Å²) in [6.45, 7) is 4.55. The maximum absolute atomic E-state index is 11.8. The molecule has 0 bridgehead atoms. The van der Waals surface area contributed by atoms with Gasteiger partial charge in [0.25, 0.3) is 0 Å². The molecule has 1 heterocycles. The summed E-state index contributed by atoms with van der Waals surface area (Å²) in [5.74, 6) is -0.542. The van der Waals surface area contributed by atoms with Crippen molar-refractivity contribution >= 4 is 17.7 Å². The topological polar surface area (TPSA) is 82.4 Å². The van der Waals surface area contributed by atoms with Crippen molar-refractivity contribution in [2.45, 2.75) is 20.0 Å². The summed E-state index contributed by atoms with van der Waals surface area (Å²) < 4.78 is 4.93. The predicted octanol–water partition coefficient (Wildman–Crippen LogP) is 1.59. The van der Waals surface area contributed by atoms with E-state index < -0.39 is 12.1 Å². The van der Waals surface area contributed by atoms with Gasteiger partial charge in [-0.05, 0) is 37.6 Å². The van der Waals surface area contributed by atoms with Crippen LogP contribution in [0.25, 0.3) is 0 Å². The van der Waals surface area contributed by atoms with Gasteiger partial charge in [0.15, 0.2) is 6.10 Å². The number of nitriles is 1. The number of anilines is 1. The lowest BCUT2D eigenvalue weighted by molar-refractivity contribution is 0.0435. The highest BCUT2D eigenvalue weighted by Crippen LogP contribution is 2.23. The highest BCUT2D eigenvalue weighted by atomic mass is 16.5. The van der Waals surface area contributed by atoms with Crippen LogP contribution in [-0.2, 0) is 4.74 Å². The van der Waals surface area contributed by atoms with E-state index in [-0.39, 0.29) is 6.03 Å². The Morgan fingerprint density at radius 3 is 2.85 bits per heavy atom. The second kappa shape index (κ2) is 5.61. The fraction of sp³-hybridized carbons (Fsp3) is 0.357. The summed E-state index contributed by atoms with van der Waals surface area (Å²) in [7, 11) is 0. The number of aryl methyl sites for hydroxylation is 1. The van der Waals surface area contributed by atoms with Crippen LogP contribution >= 0.6 is 0 Å². The van der Waals surface area contributed by atoms with Gasteiger partial charge < -0.3 is 10.1 Å². The van der Waals surface area contributed by atoms with E-state index in [1.165, 1.54) is 6.92 Å². The third kappa shape index (κ3) is 2.72. The second-order valence-electron chi connectivity index (χ2n) is 4.56. The van der Waals surface area contributed by atoms with E-state index in [1.54, 1.807) is 23.1 Å². The molecule has 1 atom stereocenters. The first-order valence-corrected chi connectivity index (χ1v) is 6.29. The highest BCUT2D eigenvalue weighted by molar-refractivity contribution is 5.96. The first kappa shape index (κ1) is 13.9. The maximum atomic E-state index is 11.8. The van der Waals surface area contributed by atoms with Crippen molar-refractivity contribution in [2.75, 3.05) is 18.0 Å². The zero-order valence-corrected chi connectivity index (χ0v) is 11.3. The zero-order chi connectivity index (χ0) is 14.7. The van der Waals surface area contributed by atoms with E-state index in [2.05, 4.69) is 5.32 Å². The molecule has 0 spiro atoms. The fourth-order valence-electron chi connectivity index (χ4n) is 2.04. The van der Waals surface area contributed by atoms with E-state index in [0.717, 1.165) is 11.3 Å². The van der Waals surface area contributed by atoms with Crippen molar-refractivity contribution in [3.05, 3.63) is 29.3 Å². The van der Waals surface area contributed by atoms with E-state index in [1.807, 2.05) is 13.0 Å². The molecule has 1 N–H and O–H groups in total. The number of nitrogens with zero attached hydrogens (tertiary/aromatic N) is 2. The number of benzene rings is 1. The molecule has 1 aliphatic rings. The summed E-state index contributed by atoms with van der Waals surface area (Å²) in [5, 5.41) is 11.3. The Balaban J connectivity index is 2.20. The van der Waals surface area contributed by atoms with Gasteiger partial charge in [-0.25, -0.2) is 9.59 Å². The lowest BCUT2D eigenvalue weighted by atomic mass is 10.1. The minimum Gasteiger partial charge on any atom is -0.444 e. The quantitative estimate of drug-likeness (QED) is 0.848. The molecule has 0 saturated carbocycles. The fourth-order valence-corrected chi connectivity index (χ4v) is 2.04. The second-order valence-corrected chi connectivity index (χ2v) is 4.56. The van der Waals surface area contributed by atoms with Crippen molar-refractivity contribution in [2.24, 2.45) is 0 Å². The van der Waals surface area contributed by atoms with Gasteiger partial charge >= 0.3 is 12.0 Å². The van der Waals surface area contributed by atoms with Gasteiger partial charge in [-0.2, -0.15) is 5.26 Å². The first-order chi connectivity index (χ1) is 9.52. The Labute approximate surface area is 116 Å². The SMILES string of the molecule is Cc1cc(C(=O)O[C@H](C)C#N)ccc1N1CCNC1=O. The molecule has 1 saturated heterocycles. The lowest BCUT2D eigenvalue weighted by Gasteiger charge is -2.17. The van der Waals surface area contributed by atoms with Crippen LogP contribution in [0.1, 0.15) is 22.8 Å². The van der Waals surface area contributed by atoms with Crippen LogP contribution in [0.4, 0.5) is 10.5 Å². The first-order valence-electron chi connectivity index (χ1n) is 6.29. The summed E-state index contributed by atoms with van der Waals surface area (Å²) in [6, 6.07) is 6.67. The normalized spacial score (nSPS) is 15.4. The Hall–Kier alpha value is -2.55.